The second-order valence-electron chi connectivity index (χ2n) is 7.64. The number of hydrogen-bond acceptors (Lipinski definition) is 7. The third-order valence-corrected chi connectivity index (χ3v) is 8.71. The van der Waals surface area contributed by atoms with E-state index in [1.165, 1.54) is 11.3 Å². The highest BCUT2D eigenvalue weighted by molar-refractivity contribution is 7.98. The summed E-state index contributed by atoms with van der Waals surface area (Å²) in [7, 11) is 0. The average Bonchev–Trinajstić information content (AvgIpc) is 3.43. The quantitative estimate of drug-likeness (QED) is 0.367. The monoisotopic (exact) mass is 462 g/mol. The predicted octanol–water partition coefficient (Wildman–Crippen LogP) is 5.31. The first-order valence-corrected chi connectivity index (χ1v) is 13.0. The summed E-state index contributed by atoms with van der Waals surface area (Å²) in [6, 6.07) is 0.232. The molecule has 0 aromatic carbocycles. The van der Waals surface area contributed by atoms with Crippen molar-refractivity contribution in [2.24, 2.45) is 0 Å². The third kappa shape index (κ3) is 3.94. The predicted molar refractivity (Wildman–Crippen MR) is 126 cm³/mol. The van der Waals surface area contributed by atoms with Gasteiger partial charge in [-0.05, 0) is 39.2 Å². The molecule has 0 bridgehead atoms. The van der Waals surface area contributed by atoms with E-state index in [2.05, 4.69) is 11.9 Å². The fourth-order valence-corrected chi connectivity index (χ4v) is 7.06. The SMILES string of the molecule is CCN(C(C)=O)c1nc(CSc2nc3sc(C)c(C)c3c(=O)n2C2CCCC2)cs1. The minimum Gasteiger partial charge on any atom is -0.289 e. The van der Waals surface area contributed by atoms with Crippen LogP contribution < -0.4 is 10.5 Å². The van der Waals surface area contributed by atoms with Gasteiger partial charge >= 0.3 is 0 Å². The molecular formula is C21H26N4O2S3. The van der Waals surface area contributed by atoms with Crippen LogP contribution in [-0.4, -0.2) is 27.0 Å². The van der Waals surface area contributed by atoms with E-state index >= 15 is 0 Å². The van der Waals surface area contributed by atoms with Crippen LogP contribution in [0.25, 0.3) is 10.2 Å². The molecule has 9 heteroatoms. The van der Waals surface area contributed by atoms with Gasteiger partial charge in [-0.2, -0.15) is 0 Å². The van der Waals surface area contributed by atoms with Crippen LogP contribution in [0.15, 0.2) is 15.3 Å². The fraction of sp³-hybridized carbons (Fsp3) is 0.524. The molecular weight excluding hydrogens is 436 g/mol. The lowest BCUT2D eigenvalue weighted by Gasteiger charge is -2.18. The maximum atomic E-state index is 13.4. The number of anilines is 1. The Morgan fingerprint density at radius 1 is 1.30 bits per heavy atom. The largest absolute Gasteiger partial charge is 0.289 e. The van der Waals surface area contributed by atoms with Crippen molar-refractivity contribution in [1.29, 1.82) is 0 Å². The normalized spacial score (nSPS) is 14.7. The molecule has 160 valence electrons. The van der Waals surface area contributed by atoms with Crippen molar-refractivity contribution < 1.29 is 4.79 Å². The number of nitrogens with zero attached hydrogens (tertiary/aromatic N) is 4. The molecule has 0 atom stereocenters. The molecule has 3 heterocycles. The molecule has 4 rings (SSSR count). The summed E-state index contributed by atoms with van der Waals surface area (Å²) in [6.07, 6.45) is 4.39. The van der Waals surface area contributed by atoms with Gasteiger partial charge in [-0.1, -0.05) is 24.6 Å². The van der Waals surface area contributed by atoms with E-state index in [-0.39, 0.29) is 17.5 Å². The molecule has 1 fully saturated rings. The van der Waals surface area contributed by atoms with E-state index in [1.54, 1.807) is 34.9 Å². The van der Waals surface area contributed by atoms with Gasteiger partial charge in [-0.15, -0.1) is 22.7 Å². The highest BCUT2D eigenvalue weighted by Crippen LogP contribution is 2.35. The lowest BCUT2D eigenvalue weighted by Crippen LogP contribution is -2.27. The zero-order valence-electron chi connectivity index (χ0n) is 17.7. The molecule has 0 saturated heterocycles. The van der Waals surface area contributed by atoms with E-state index < -0.39 is 0 Å². The van der Waals surface area contributed by atoms with Crippen LogP contribution in [0.2, 0.25) is 0 Å². The lowest BCUT2D eigenvalue weighted by molar-refractivity contribution is -0.116. The molecule has 1 amide bonds. The van der Waals surface area contributed by atoms with Crippen molar-refractivity contribution in [3.63, 3.8) is 0 Å². The van der Waals surface area contributed by atoms with Crippen LogP contribution >= 0.6 is 34.4 Å². The number of thiophene rings is 1. The first kappa shape index (κ1) is 21.5. The van der Waals surface area contributed by atoms with Gasteiger partial charge in [-0.25, -0.2) is 9.97 Å². The van der Waals surface area contributed by atoms with E-state index in [0.717, 1.165) is 62.3 Å². The first-order chi connectivity index (χ1) is 14.4. The number of hydrogen-bond donors (Lipinski definition) is 0. The molecule has 0 unspecified atom stereocenters. The highest BCUT2D eigenvalue weighted by atomic mass is 32.2. The number of aromatic nitrogens is 3. The summed E-state index contributed by atoms with van der Waals surface area (Å²) < 4.78 is 1.94. The smallest absolute Gasteiger partial charge is 0.263 e. The van der Waals surface area contributed by atoms with Gasteiger partial charge in [0.2, 0.25) is 5.91 Å². The van der Waals surface area contributed by atoms with Crippen molar-refractivity contribution in [3.05, 3.63) is 31.9 Å². The maximum absolute atomic E-state index is 13.4. The summed E-state index contributed by atoms with van der Waals surface area (Å²) in [5, 5.41) is 4.28. The average molecular weight is 463 g/mol. The number of carbonyl (C=O) groups excluding carboxylic acids is 1. The minimum atomic E-state index is -0.00308. The van der Waals surface area contributed by atoms with Gasteiger partial charge in [0.25, 0.3) is 5.56 Å². The van der Waals surface area contributed by atoms with E-state index in [1.807, 2.05) is 23.8 Å². The zero-order valence-corrected chi connectivity index (χ0v) is 20.2. The molecule has 0 radical (unpaired) electrons. The number of fused-ring (bicyclic) bond motifs is 1. The summed E-state index contributed by atoms with van der Waals surface area (Å²) in [4.78, 5) is 38.5. The maximum Gasteiger partial charge on any atom is 0.263 e. The van der Waals surface area contributed by atoms with Crippen molar-refractivity contribution in [1.82, 2.24) is 14.5 Å². The van der Waals surface area contributed by atoms with Crippen molar-refractivity contribution in [3.8, 4) is 0 Å². The molecule has 0 N–H and O–H groups in total. The van der Waals surface area contributed by atoms with Crippen LogP contribution in [0.5, 0.6) is 0 Å². The topological polar surface area (TPSA) is 68.1 Å². The van der Waals surface area contributed by atoms with Gasteiger partial charge in [0.15, 0.2) is 10.3 Å². The summed E-state index contributed by atoms with van der Waals surface area (Å²) in [5.41, 5.74) is 2.07. The molecule has 1 aliphatic carbocycles. The Morgan fingerprint density at radius 2 is 2.03 bits per heavy atom. The molecule has 1 saturated carbocycles. The van der Waals surface area contributed by atoms with Gasteiger partial charge in [-0.3, -0.25) is 19.1 Å². The Hall–Kier alpha value is -1.71. The summed E-state index contributed by atoms with van der Waals surface area (Å²) >= 11 is 4.65. The number of thioether (sulfide) groups is 1. The number of aryl methyl sites for hydroxylation is 2. The molecule has 30 heavy (non-hydrogen) atoms. The first-order valence-electron chi connectivity index (χ1n) is 10.3. The number of rotatable bonds is 6. The Morgan fingerprint density at radius 3 is 2.70 bits per heavy atom. The van der Waals surface area contributed by atoms with Crippen LogP contribution in [0, 0.1) is 13.8 Å². The number of thiazole rings is 1. The number of carbonyl (C=O) groups is 1. The Balaban J connectivity index is 1.67. The zero-order chi connectivity index (χ0) is 21.4. The minimum absolute atomic E-state index is 0.00308. The van der Waals surface area contributed by atoms with Crippen molar-refractivity contribution in [2.45, 2.75) is 70.3 Å². The van der Waals surface area contributed by atoms with Crippen LogP contribution in [0.3, 0.4) is 0 Å². The number of amides is 1. The lowest BCUT2D eigenvalue weighted by atomic mass is 10.2. The molecule has 6 nitrogen and oxygen atoms in total. The van der Waals surface area contributed by atoms with Gasteiger partial charge in [0, 0.05) is 35.5 Å². The second kappa shape index (κ2) is 8.80. The third-order valence-electron chi connectivity index (χ3n) is 5.71. The van der Waals surface area contributed by atoms with Crippen LogP contribution in [-0.2, 0) is 10.5 Å². The van der Waals surface area contributed by atoms with Crippen LogP contribution in [0.1, 0.15) is 61.7 Å². The second-order valence-corrected chi connectivity index (χ2v) is 10.6. The highest BCUT2D eigenvalue weighted by Gasteiger charge is 2.25. The van der Waals surface area contributed by atoms with E-state index in [0.29, 0.717) is 12.3 Å². The van der Waals surface area contributed by atoms with Crippen molar-refractivity contribution in [2.75, 3.05) is 11.4 Å². The molecule has 0 aliphatic heterocycles. The Labute approximate surface area is 188 Å². The summed E-state index contributed by atoms with van der Waals surface area (Å²) in [5.74, 6) is 0.622. The van der Waals surface area contributed by atoms with Gasteiger partial charge in [0.05, 0.1) is 11.1 Å². The van der Waals surface area contributed by atoms with Crippen molar-refractivity contribution >= 4 is 55.7 Å². The van der Waals surface area contributed by atoms with Gasteiger partial charge in [0.1, 0.15) is 4.83 Å². The standard InChI is InChI=1S/C21H26N4O2S3/c1-5-24(14(4)26)20-22-15(10-28-20)11-29-21-23-18-17(12(2)13(3)30-18)19(27)25(21)16-8-6-7-9-16/h10,16H,5-9,11H2,1-4H3. The molecule has 0 spiro atoms. The Bertz CT molecular complexity index is 1140. The van der Waals surface area contributed by atoms with Gasteiger partial charge < -0.3 is 0 Å². The molecule has 3 aromatic heterocycles. The van der Waals surface area contributed by atoms with Crippen LogP contribution in [0.4, 0.5) is 5.13 Å². The molecule has 1 aliphatic rings. The van der Waals surface area contributed by atoms with E-state index in [9.17, 15) is 9.59 Å². The molecule has 3 aromatic rings. The summed E-state index contributed by atoms with van der Waals surface area (Å²) in [6.45, 7) is 8.19. The Kier molecular flexibility index (Phi) is 6.31. The van der Waals surface area contributed by atoms with E-state index in [4.69, 9.17) is 4.98 Å². The fourth-order valence-electron chi connectivity index (χ4n) is 3.99.